The Labute approximate surface area is 110 Å². The van der Waals surface area contributed by atoms with Crippen LogP contribution in [0.4, 0.5) is 0 Å². The highest BCUT2D eigenvalue weighted by atomic mass is 16.6. The van der Waals surface area contributed by atoms with E-state index < -0.39 is 23.3 Å². The minimum Gasteiger partial charge on any atom is -0.465 e. The number of carbonyl (C=O) groups is 2. The smallest absolute Gasteiger partial charge is 0.320 e. The van der Waals surface area contributed by atoms with E-state index in [1.165, 1.54) is 0 Å². The molecular weight excluding hydrogens is 232 g/mol. The van der Waals surface area contributed by atoms with Gasteiger partial charge in [-0.25, -0.2) is 0 Å². The SMILES string of the molecule is CCCCC(C)(C)C(C(=O)OCC)C(=O)OCC. The topological polar surface area (TPSA) is 52.6 Å². The fourth-order valence-corrected chi connectivity index (χ4v) is 1.96. The molecule has 0 aromatic rings. The minimum atomic E-state index is -0.830. The molecule has 0 atom stereocenters. The van der Waals surface area contributed by atoms with Gasteiger partial charge >= 0.3 is 11.9 Å². The molecule has 0 aliphatic rings. The quantitative estimate of drug-likeness (QED) is 0.496. The number of hydrogen-bond donors (Lipinski definition) is 0. The largest absolute Gasteiger partial charge is 0.465 e. The van der Waals surface area contributed by atoms with Crippen molar-refractivity contribution in [1.82, 2.24) is 0 Å². The summed E-state index contributed by atoms with van der Waals surface area (Å²) in [5, 5.41) is 0. The fraction of sp³-hybridized carbons (Fsp3) is 0.857. The zero-order valence-electron chi connectivity index (χ0n) is 12.2. The summed E-state index contributed by atoms with van der Waals surface area (Å²) < 4.78 is 10.00. The lowest BCUT2D eigenvalue weighted by molar-refractivity contribution is -0.167. The number of carbonyl (C=O) groups excluding carboxylic acids is 2. The van der Waals surface area contributed by atoms with Gasteiger partial charge in [0.05, 0.1) is 13.2 Å². The molecule has 0 radical (unpaired) electrons. The van der Waals surface area contributed by atoms with Gasteiger partial charge in [0.25, 0.3) is 0 Å². The molecule has 106 valence electrons. The van der Waals surface area contributed by atoms with E-state index in [4.69, 9.17) is 9.47 Å². The highest BCUT2D eigenvalue weighted by Gasteiger charge is 2.42. The van der Waals surface area contributed by atoms with Gasteiger partial charge in [0.1, 0.15) is 0 Å². The summed E-state index contributed by atoms with van der Waals surface area (Å²) in [5.41, 5.74) is -0.436. The van der Waals surface area contributed by atoms with Crippen molar-refractivity contribution in [3.63, 3.8) is 0 Å². The van der Waals surface area contributed by atoms with Crippen molar-refractivity contribution in [3.05, 3.63) is 0 Å². The third-order valence-corrected chi connectivity index (χ3v) is 3.00. The number of unbranched alkanes of at least 4 members (excludes halogenated alkanes) is 1. The molecule has 0 saturated heterocycles. The maximum atomic E-state index is 11.9. The van der Waals surface area contributed by atoms with E-state index >= 15 is 0 Å². The van der Waals surface area contributed by atoms with Crippen LogP contribution in [0.3, 0.4) is 0 Å². The van der Waals surface area contributed by atoms with Crippen LogP contribution in [0.2, 0.25) is 0 Å². The maximum absolute atomic E-state index is 11.9. The van der Waals surface area contributed by atoms with Gasteiger partial charge in [-0.1, -0.05) is 33.6 Å². The second-order valence-electron chi connectivity index (χ2n) is 5.03. The van der Waals surface area contributed by atoms with Gasteiger partial charge in [-0.15, -0.1) is 0 Å². The fourth-order valence-electron chi connectivity index (χ4n) is 1.96. The van der Waals surface area contributed by atoms with Crippen LogP contribution in [0.15, 0.2) is 0 Å². The van der Waals surface area contributed by atoms with Gasteiger partial charge in [-0.05, 0) is 25.7 Å². The Hall–Kier alpha value is -1.06. The second kappa shape index (κ2) is 8.11. The van der Waals surface area contributed by atoms with Crippen LogP contribution in [0.1, 0.15) is 53.9 Å². The lowest BCUT2D eigenvalue weighted by atomic mass is 9.75. The van der Waals surface area contributed by atoms with Crippen LogP contribution >= 0.6 is 0 Å². The van der Waals surface area contributed by atoms with Crippen LogP contribution in [0.5, 0.6) is 0 Å². The van der Waals surface area contributed by atoms with Crippen LogP contribution < -0.4 is 0 Å². The third-order valence-electron chi connectivity index (χ3n) is 3.00. The Bertz CT molecular complexity index is 253. The first-order valence-corrected chi connectivity index (χ1v) is 6.73. The molecule has 18 heavy (non-hydrogen) atoms. The van der Waals surface area contributed by atoms with E-state index in [9.17, 15) is 9.59 Å². The van der Waals surface area contributed by atoms with Crippen molar-refractivity contribution in [3.8, 4) is 0 Å². The summed E-state index contributed by atoms with van der Waals surface area (Å²) in [4.78, 5) is 23.9. The molecule has 0 aliphatic heterocycles. The monoisotopic (exact) mass is 258 g/mol. The average molecular weight is 258 g/mol. The molecule has 0 aromatic heterocycles. The summed E-state index contributed by atoms with van der Waals surface area (Å²) >= 11 is 0. The minimum absolute atomic E-state index is 0.276. The zero-order valence-corrected chi connectivity index (χ0v) is 12.2. The maximum Gasteiger partial charge on any atom is 0.320 e. The number of ether oxygens (including phenoxy) is 2. The Balaban J connectivity index is 4.94. The van der Waals surface area contributed by atoms with E-state index in [0.29, 0.717) is 0 Å². The molecule has 0 saturated carbocycles. The van der Waals surface area contributed by atoms with E-state index in [1.54, 1.807) is 13.8 Å². The predicted octanol–water partition coefficient (Wildman–Crippen LogP) is 2.95. The van der Waals surface area contributed by atoms with Gasteiger partial charge in [0, 0.05) is 0 Å². The molecule has 0 fully saturated rings. The number of rotatable bonds is 8. The van der Waals surface area contributed by atoms with Gasteiger partial charge in [0.2, 0.25) is 0 Å². The van der Waals surface area contributed by atoms with E-state index in [2.05, 4.69) is 6.92 Å². The summed E-state index contributed by atoms with van der Waals surface area (Å²) in [6.07, 6.45) is 2.80. The molecule has 0 bridgehead atoms. The van der Waals surface area contributed by atoms with Gasteiger partial charge in [0.15, 0.2) is 5.92 Å². The number of esters is 2. The molecule has 0 heterocycles. The first kappa shape index (κ1) is 16.9. The van der Waals surface area contributed by atoms with Crippen LogP contribution in [0, 0.1) is 11.3 Å². The summed E-state index contributed by atoms with van der Waals surface area (Å²) in [5.74, 6) is -1.78. The van der Waals surface area contributed by atoms with Crippen molar-refractivity contribution in [1.29, 1.82) is 0 Å². The summed E-state index contributed by atoms with van der Waals surface area (Å²) in [7, 11) is 0. The normalized spacial score (nSPS) is 11.4. The summed E-state index contributed by atoms with van der Waals surface area (Å²) in [6, 6.07) is 0. The van der Waals surface area contributed by atoms with Crippen molar-refractivity contribution in [2.75, 3.05) is 13.2 Å². The Kier molecular flexibility index (Phi) is 7.64. The van der Waals surface area contributed by atoms with Gasteiger partial charge in [-0.3, -0.25) is 9.59 Å². The molecule has 0 amide bonds. The molecular formula is C14H26O4. The van der Waals surface area contributed by atoms with Crippen molar-refractivity contribution in [2.24, 2.45) is 11.3 Å². The first-order chi connectivity index (χ1) is 8.40. The highest BCUT2D eigenvalue weighted by Crippen LogP contribution is 2.34. The van der Waals surface area contributed by atoms with E-state index in [1.807, 2.05) is 13.8 Å². The molecule has 4 heteroatoms. The molecule has 0 aliphatic carbocycles. The third kappa shape index (κ3) is 5.07. The Morgan fingerprint density at radius 2 is 1.44 bits per heavy atom. The Morgan fingerprint density at radius 3 is 1.78 bits per heavy atom. The zero-order chi connectivity index (χ0) is 14.2. The summed E-state index contributed by atoms with van der Waals surface area (Å²) in [6.45, 7) is 9.94. The van der Waals surface area contributed by atoms with Crippen molar-refractivity contribution < 1.29 is 19.1 Å². The lowest BCUT2D eigenvalue weighted by Crippen LogP contribution is -2.39. The predicted molar refractivity (Wildman–Crippen MR) is 70.1 cm³/mol. The molecule has 0 spiro atoms. The molecule has 4 nitrogen and oxygen atoms in total. The number of hydrogen-bond acceptors (Lipinski definition) is 4. The van der Waals surface area contributed by atoms with E-state index in [-0.39, 0.29) is 13.2 Å². The Morgan fingerprint density at radius 1 is 1.00 bits per heavy atom. The molecule has 0 aromatic carbocycles. The second-order valence-corrected chi connectivity index (χ2v) is 5.03. The highest BCUT2D eigenvalue weighted by molar-refractivity contribution is 5.95. The van der Waals surface area contributed by atoms with Crippen LogP contribution in [0.25, 0.3) is 0 Å². The van der Waals surface area contributed by atoms with Crippen LogP contribution in [-0.2, 0) is 19.1 Å². The van der Waals surface area contributed by atoms with Crippen molar-refractivity contribution in [2.45, 2.75) is 53.9 Å². The standard InChI is InChI=1S/C14H26O4/c1-6-9-10-14(4,5)11(12(15)17-7-2)13(16)18-8-3/h11H,6-10H2,1-5H3. The van der Waals surface area contributed by atoms with Gasteiger partial charge < -0.3 is 9.47 Å². The average Bonchev–Trinajstić information content (AvgIpc) is 2.27. The molecule has 0 unspecified atom stereocenters. The first-order valence-electron chi connectivity index (χ1n) is 6.73. The van der Waals surface area contributed by atoms with Crippen molar-refractivity contribution >= 4 is 11.9 Å². The molecule has 0 rings (SSSR count). The van der Waals surface area contributed by atoms with E-state index in [0.717, 1.165) is 19.3 Å². The van der Waals surface area contributed by atoms with Gasteiger partial charge in [-0.2, -0.15) is 0 Å². The molecule has 0 N–H and O–H groups in total. The van der Waals surface area contributed by atoms with Crippen LogP contribution in [-0.4, -0.2) is 25.2 Å². The lowest BCUT2D eigenvalue weighted by Gasteiger charge is -2.30.